The van der Waals surface area contributed by atoms with Crippen LogP contribution in [0.5, 0.6) is 5.75 Å². The smallest absolute Gasteiger partial charge is 0.337 e. The topological polar surface area (TPSA) is 79.6 Å². The number of benzene rings is 2. The van der Waals surface area contributed by atoms with Gasteiger partial charge in [-0.1, -0.05) is 18.2 Å². The summed E-state index contributed by atoms with van der Waals surface area (Å²) in [6.45, 7) is -0.276. The fraction of sp³-hybridized carbons (Fsp3) is 0.167. The first-order chi connectivity index (χ1) is 11.7. The third kappa shape index (κ3) is 4.34. The van der Waals surface area contributed by atoms with Crippen molar-refractivity contribution in [2.24, 2.45) is 0 Å². The highest BCUT2D eigenvalue weighted by Gasteiger charge is 2.16. The summed E-state index contributed by atoms with van der Waals surface area (Å²) >= 11 is 0. The van der Waals surface area contributed by atoms with E-state index in [9.17, 15) is 9.59 Å². The molecule has 0 atom stereocenters. The van der Waals surface area contributed by atoms with Gasteiger partial charge in [-0.2, -0.15) is 5.26 Å². The van der Waals surface area contributed by atoms with Crippen LogP contribution in [0.4, 0.5) is 5.69 Å². The number of amides is 1. The summed E-state index contributed by atoms with van der Waals surface area (Å²) in [4.78, 5) is 25.0. The van der Waals surface area contributed by atoms with E-state index >= 15 is 0 Å². The normalized spacial score (nSPS) is 9.67. The van der Waals surface area contributed by atoms with Crippen molar-refractivity contribution in [3.8, 4) is 11.8 Å². The molecule has 0 saturated heterocycles. The van der Waals surface area contributed by atoms with Gasteiger partial charge in [0, 0.05) is 5.69 Å². The predicted octanol–water partition coefficient (Wildman–Crippen LogP) is 2.41. The molecule has 6 nitrogen and oxygen atoms in total. The maximum atomic E-state index is 12.3. The predicted molar refractivity (Wildman–Crippen MR) is 87.7 cm³/mol. The van der Waals surface area contributed by atoms with Crippen LogP contribution in [0.15, 0.2) is 54.6 Å². The van der Waals surface area contributed by atoms with Gasteiger partial charge in [-0.05, 0) is 36.4 Å². The van der Waals surface area contributed by atoms with Crippen LogP contribution < -0.4 is 9.64 Å². The molecule has 0 N–H and O–H groups in total. The van der Waals surface area contributed by atoms with Gasteiger partial charge >= 0.3 is 5.97 Å². The Morgan fingerprint density at radius 2 is 1.75 bits per heavy atom. The lowest BCUT2D eigenvalue weighted by atomic mass is 10.2. The lowest BCUT2D eigenvalue weighted by Crippen LogP contribution is -2.35. The number of carbonyl (C=O) groups is 2. The molecule has 0 fully saturated rings. The van der Waals surface area contributed by atoms with Gasteiger partial charge < -0.3 is 9.47 Å². The van der Waals surface area contributed by atoms with E-state index in [-0.39, 0.29) is 19.1 Å². The summed E-state index contributed by atoms with van der Waals surface area (Å²) in [6.07, 6.45) is 0. The Morgan fingerprint density at radius 1 is 1.08 bits per heavy atom. The first kappa shape index (κ1) is 17.0. The Hall–Kier alpha value is -3.33. The molecule has 2 aromatic rings. The fourth-order valence-electron chi connectivity index (χ4n) is 2.03. The summed E-state index contributed by atoms with van der Waals surface area (Å²) in [6, 6.07) is 17.1. The second kappa shape index (κ2) is 8.34. The maximum absolute atomic E-state index is 12.3. The van der Waals surface area contributed by atoms with Gasteiger partial charge in [0.25, 0.3) is 5.91 Å². The van der Waals surface area contributed by atoms with Gasteiger partial charge in [0.1, 0.15) is 12.3 Å². The Morgan fingerprint density at radius 3 is 2.33 bits per heavy atom. The van der Waals surface area contributed by atoms with Gasteiger partial charge in [-0.25, -0.2) is 4.79 Å². The van der Waals surface area contributed by atoms with E-state index in [2.05, 4.69) is 4.74 Å². The van der Waals surface area contributed by atoms with Crippen molar-refractivity contribution in [1.29, 1.82) is 5.26 Å². The monoisotopic (exact) mass is 324 g/mol. The van der Waals surface area contributed by atoms with Crippen molar-refractivity contribution in [1.82, 2.24) is 0 Å². The van der Waals surface area contributed by atoms with E-state index in [1.54, 1.807) is 48.5 Å². The largest absolute Gasteiger partial charge is 0.484 e. The number of ether oxygens (including phenoxy) is 2. The molecule has 0 aliphatic rings. The second-order valence-electron chi connectivity index (χ2n) is 4.78. The van der Waals surface area contributed by atoms with Crippen molar-refractivity contribution >= 4 is 17.6 Å². The van der Waals surface area contributed by atoms with E-state index in [1.165, 1.54) is 12.0 Å². The number of hydrogen-bond donors (Lipinski definition) is 0. The van der Waals surface area contributed by atoms with Crippen molar-refractivity contribution in [2.75, 3.05) is 25.2 Å². The highest BCUT2D eigenvalue weighted by molar-refractivity contribution is 5.94. The van der Waals surface area contributed by atoms with Crippen LogP contribution in [-0.2, 0) is 9.53 Å². The number of para-hydroxylation sites is 1. The van der Waals surface area contributed by atoms with Crippen LogP contribution in [-0.4, -0.2) is 32.1 Å². The molecule has 0 saturated carbocycles. The number of anilines is 1. The highest BCUT2D eigenvalue weighted by Crippen LogP contribution is 2.15. The van der Waals surface area contributed by atoms with Gasteiger partial charge in [0.05, 0.1) is 18.7 Å². The van der Waals surface area contributed by atoms with E-state index < -0.39 is 5.97 Å². The summed E-state index contributed by atoms with van der Waals surface area (Å²) < 4.78 is 10.0. The Kier molecular flexibility index (Phi) is 5.92. The lowest BCUT2D eigenvalue weighted by Gasteiger charge is -2.19. The minimum atomic E-state index is -0.443. The zero-order valence-corrected chi connectivity index (χ0v) is 13.1. The lowest BCUT2D eigenvalue weighted by molar-refractivity contribution is -0.120. The minimum Gasteiger partial charge on any atom is -0.484 e. The molecule has 2 aromatic carbocycles. The average molecular weight is 324 g/mol. The summed E-state index contributed by atoms with van der Waals surface area (Å²) in [5.41, 5.74) is 1.03. The van der Waals surface area contributed by atoms with Gasteiger partial charge in [0.15, 0.2) is 6.61 Å². The molecule has 24 heavy (non-hydrogen) atoms. The Labute approximate surface area is 139 Å². The van der Waals surface area contributed by atoms with Crippen molar-refractivity contribution in [3.63, 3.8) is 0 Å². The summed E-state index contributed by atoms with van der Waals surface area (Å²) in [5, 5.41) is 8.91. The minimum absolute atomic E-state index is 0.0620. The quantitative estimate of drug-likeness (QED) is 0.602. The number of rotatable bonds is 6. The fourth-order valence-corrected chi connectivity index (χ4v) is 2.03. The molecule has 0 bridgehead atoms. The number of hydrogen-bond acceptors (Lipinski definition) is 5. The van der Waals surface area contributed by atoms with Gasteiger partial charge in [-0.3, -0.25) is 9.69 Å². The molecule has 122 valence electrons. The average Bonchev–Trinajstić information content (AvgIpc) is 2.64. The van der Waals surface area contributed by atoms with Gasteiger partial charge in [0.2, 0.25) is 0 Å². The maximum Gasteiger partial charge on any atom is 0.337 e. The number of esters is 1. The molecule has 0 unspecified atom stereocenters. The summed E-state index contributed by atoms with van der Waals surface area (Å²) in [5.74, 6) is -0.331. The molecule has 1 amide bonds. The molecule has 0 spiro atoms. The van der Waals surface area contributed by atoms with Crippen molar-refractivity contribution < 1.29 is 19.1 Å². The molecule has 0 aliphatic heterocycles. The van der Waals surface area contributed by atoms with Crippen LogP contribution in [0.25, 0.3) is 0 Å². The second-order valence-corrected chi connectivity index (χ2v) is 4.78. The molecule has 0 radical (unpaired) electrons. The molecule has 0 aromatic heterocycles. The number of nitrogens with zero attached hydrogens (tertiary/aromatic N) is 2. The third-order valence-corrected chi connectivity index (χ3v) is 3.24. The van der Waals surface area contributed by atoms with Crippen LogP contribution in [0.1, 0.15) is 10.4 Å². The number of nitriles is 1. The SMILES string of the molecule is COC(=O)c1ccc(OCC(=O)N(CC#N)c2ccccc2)cc1. The molecule has 6 heteroatoms. The molecular formula is C18H16N2O4. The van der Waals surface area contributed by atoms with Crippen LogP contribution >= 0.6 is 0 Å². The zero-order chi connectivity index (χ0) is 17.4. The number of carbonyl (C=O) groups excluding carboxylic acids is 2. The molecule has 0 heterocycles. The Bertz CT molecular complexity index is 736. The first-order valence-electron chi connectivity index (χ1n) is 7.19. The summed E-state index contributed by atoms with van der Waals surface area (Å²) in [7, 11) is 1.30. The number of methoxy groups -OCH3 is 1. The third-order valence-electron chi connectivity index (χ3n) is 3.24. The van der Waals surface area contributed by atoms with Gasteiger partial charge in [-0.15, -0.1) is 0 Å². The van der Waals surface area contributed by atoms with E-state index in [0.717, 1.165) is 0 Å². The zero-order valence-electron chi connectivity index (χ0n) is 13.1. The van der Waals surface area contributed by atoms with Crippen LogP contribution in [0.2, 0.25) is 0 Å². The molecule has 0 aliphatic carbocycles. The molecule has 2 rings (SSSR count). The van der Waals surface area contributed by atoms with E-state index in [4.69, 9.17) is 10.00 Å². The standard InChI is InChI=1S/C18H16N2O4/c1-23-18(22)14-7-9-16(10-8-14)24-13-17(21)20(12-11-19)15-5-3-2-4-6-15/h2-10H,12-13H2,1H3. The van der Waals surface area contributed by atoms with E-state index in [0.29, 0.717) is 17.0 Å². The molecular weight excluding hydrogens is 308 g/mol. The van der Waals surface area contributed by atoms with Crippen LogP contribution in [0, 0.1) is 11.3 Å². The van der Waals surface area contributed by atoms with Crippen molar-refractivity contribution in [3.05, 3.63) is 60.2 Å². The first-order valence-corrected chi connectivity index (χ1v) is 7.19. The highest BCUT2D eigenvalue weighted by atomic mass is 16.5. The Balaban J connectivity index is 2.00. The van der Waals surface area contributed by atoms with Crippen molar-refractivity contribution in [2.45, 2.75) is 0 Å². The van der Waals surface area contributed by atoms with Crippen LogP contribution in [0.3, 0.4) is 0 Å². The van der Waals surface area contributed by atoms with E-state index in [1.807, 2.05) is 12.1 Å².